The van der Waals surface area contributed by atoms with E-state index in [1.165, 1.54) is 12.3 Å². The summed E-state index contributed by atoms with van der Waals surface area (Å²) in [7, 11) is 0. The van der Waals surface area contributed by atoms with Gasteiger partial charge in [0.2, 0.25) is 5.91 Å². The van der Waals surface area contributed by atoms with Crippen LogP contribution in [-0.2, 0) is 4.79 Å². The number of amides is 1. The number of pyridine rings is 1. The highest BCUT2D eigenvalue weighted by Gasteiger charge is 2.16. The lowest BCUT2D eigenvalue weighted by Crippen LogP contribution is -2.19. The first-order valence-corrected chi connectivity index (χ1v) is 5.64. The maximum Gasteiger partial charge on any atom is 0.224 e. The monoisotopic (exact) mass is 260 g/mol. The highest BCUT2D eigenvalue weighted by atomic mass is 35.5. The van der Waals surface area contributed by atoms with Crippen molar-refractivity contribution in [3.05, 3.63) is 22.4 Å². The van der Waals surface area contributed by atoms with Crippen molar-refractivity contribution in [3.63, 3.8) is 0 Å². The second-order valence-corrected chi connectivity index (χ2v) is 5.57. The molecule has 1 amide bonds. The molecule has 0 saturated heterocycles. The van der Waals surface area contributed by atoms with Crippen LogP contribution in [0, 0.1) is 5.41 Å². The molecule has 1 aromatic heterocycles. The molecule has 1 N–H and O–H groups in total. The highest BCUT2D eigenvalue weighted by Crippen LogP contribution is 2.25. The van der Waals surface area contributed by atoms with Gasteiger partial charge >= 0.3 is 0 Å². The molecule has 3 nitrogen and oxygen atoms in total. The van der Waals surface area contributed by atoms with E-state index in [1.807, 2.05) is 20.8 Å². The lowest BCUT2D eigenvalue weighted by atomic mass is 9.92. The Labute approximate surface area is 105 Å². The number of halogens is 2. The summed E-state index contributed by atoms with van der Waals surface area (Å²) < 4.78 is 0. The Morgan fingerprint density at radius 3 is 2.62 bits per heavy atom. The van der Waals surface area contributed by atoms with Gasteiger partial charge in [-0.25, -0.2) is 4.98 Å². The SMILES string of the molecule is CC(C)(C)CC(=O)Nc1cc(Cl)ncc1Cl. The average Bonchev–Trinajstić information content (AvgIpc) is 2.08. The molecule has 0 aliphatic heterocycles. The first kappa shape index (κ1) is 13.3. The van der Waals surface area contributed by atoms with Gasteiger partial charge in [-0.1, -0.05) is 44.0 Å². The van der Waals surface area contributed by atoms with Gasteiger partial charge in [-0.15, -0.1) is 0 Å². The minimum Gasteiger partial charge on any atom is -0.325 e. The number of nitrogens with one attached hydrogen (secondary N) is 1. The van der Waals surface area contributed by atoms with Crippen LogP contribution in [0.4, 0.5) is 5.69 Å². The van der Waals surface area contributed by atoms with Gasteiger partial charge in [0.25, 0.3) is 0 Å². The molecule has 0 bridgehead atoms. The summed E-state index contributed by atoms with van der Waals surface area (Å²) >= 11 is 11.6. The fraction of sp³-hybridized carbons (Fsp3) is 0.455. The summed E-state index contributed by atoms with van der Waals surface area (Å²) in [6, 6.07) is 1.53. The number of hydrogen-bond donors (Lipinski definition) is 1. The van der Waals surface area contributed by atoms with Crippen LogP contribution in [0.25, 0.3) is 0 Å². The number of hydrogen-bond acceptors (Lipinski definition) is 2. The summed E-state index contributed by atoms with van der Waals surface area (Å²) in [5, 5.41) is 3.39. The Kier molecular flexibility index (Phi) is 4.16. The van der Waals surface area contributed by atoms with Crippen molar-refractivity contribution < 1.29 is 4.79 Å². The van der Waals surface area contributed by atoms with Crippen molar-refractivity contribution in [1.29, 1.82) is 0 Å². The summed E-state index contributed by atoms with van der Waals surface area (Å²) in [4.78, 5) is 15.5. The maximum absolute atomic E-state index is 11.7. The first-order valence-electron chi connectivity index (χ1n) is 4.89. The third-order valence-electron chi connectivity index (χ3n) is 1.79. The van der Waals surface area contributed by atoms with E-state index in [4.69, 9.17) is 23.2 Å². The van der Waals surface area contributed by atoms with Crippen LogP contribution in [0.1, 0.15) is 27.2 Å². The summed E-state index contributed by atoms with van der Waals surface area (Å²) in [5.41, 5.74) is 0.434. The molecule has 0 aliphatic rings. The number of carbonyl (C=O) groups excluding carboxylic acids is 1. The average molecular weight is 261 g/mol. The van der Waals surface area contributed by atoms with Gasteiger partial charge in [0, 0.05) is 18.7 Å². The van der Waals surface area contributed by atoms with Crippen molar-refractivity contribution >= 4 is 34.8 Å². The molecule has 88 valence electrons. The fourth-order valence-electron chi connectivity index (χ4n) is 1.19. The molecule has 1 aromatic rings. The summed E-state index contributed by atoms with van der Waals surface area (Å²) in [6.45, 7) is 5.98. The largest absolute Gasteiger partial charge is 0.325 e. The fourth-order valence-corrected chi connectivity index (χ4v) is 1.49. The molecule has 0 spiro atoms. The van der Waals surface area contributed by atoms with Crippen molar-refractivity contribution in [2.75, 3.05) is 5.32 Å². The zero-order valence-electron chi connectivity index (χ0n) is 9.47. The van der Waals surface area contributed by atoms with E-state index in [9.17, 15) is 4.79 Å². The van der Waals surface area contributed by atoms with Crippen LogP contribution in [0.2, 0.25) is 10.2 Å². The minimum atomic E-state index is -0.0864. The number of aromatic nitrogens is 1. The van der Waals surface area contributed by atoms with E-state index in [0.29, 0.717) is 22.3 Å². The van der Waals surface area contributed by atoms with E-state index in [2.05, 4.69) is 10.3 Å². The quantitative estimate of drug-likeness (QED) is 0.823. The number of rotatable bonds is 2. The minimum absolute atomic E-state index is 0.0621. The molecular weight excluding hydrogens is 247 g/mol. The van der Waals surface area contributed by atoms with Crippen LogP contribution < -0.4 is 5.32 Å². The number of anilines is 1. The topological polar surface area (TPSA) is 42.0 Å². The molecule has 0 aliphatic carbocycles. The molecule has 0 fully saturated rings. The van der Waals surface area contributed by atoms with E-state index >= 15 is 0 Å². The molecule has 16 heavy (non-hydrogen) atoms. The summed E-state index contributed by atoms with van der Waals surface area (Å²) in [5.74, 6) is -0.0864. The van der Waals surface area contributed by atoms with E-state index in [0.717, 1.165) is 0 Å². The van der Waals surface area contributed by atoms with Crippen molar-refractivity contribution in [1.82, 2.24) is 4.98 Å². The van der Waals surface area contributed by atoms with Crippen LogP contribution in [0.3, 0.4) is 0 Å². The van der Waals surface area contributed by atoms with E-state index < -0.39 is 0 Å². The Balaban J connectivity index is 2.73. The lowest BCUT2D eigenvalue weighted by molar-refractivity contribution is -0.117. The van der Waals surface area contributed by atoms with Gasteiger partial charge in [0.05, 0.1) is 10.7 Å². The van der Waals surface area contributed by atoms with Gasteiger partial charge in [-0.2, -0.15) is 0 Å². The Hall–Kier alpha value is -0.800. The molecule has 0 aromatic carbocycles. The lowest BCUT2D eigenvalue weighted by Gasteiger charge is -2.17. The van der Waals surface area contributed by atoms with Gasteiger partial charge in [0.1, 0.15) is 5.15 Å². The first-order chi connectivity index (χ1) is 7.28. The van der Waals surface area contributed by atoms with Crippen LogP contribution in [0.5, 0.6) is 0 Å². The summed E-state index contributed by atoms with van der Waals surface area (Å²) in [6.07, 6.45) is 1.83. The Morgan fingerprint density at radius 1 is 1.44 bits per heavy atom. The smallest absolute Gasteiger partial charge is 0.224 e. The van der Waals surface area contributed by atoms with Crippen molar-refractivity contribution in [2.45, 2.75) is 27.2 Å². The number of nitrogens with zero attached hydrogens (tertiary/aromatic N) is 1. The zero-order chi connectivity index (χ0) is 12.3. The molecular formula is C11H14Cl2N2O. The standard InChI is InChI=1S/C11H14Cl2N2O/c1-11(2,3)5-10(16)15-8-4-9(13)14-6-7(8)12/h4,6H,5H2,1-3H3,(H,14,15,16). The third-order valence-corrected chi connectivity index (χ3v) is 2.29. The highest BCUT2D eigenvalue weighted by molar-refractivity contribution is 6.35. The second-order valence-electron chi connectivity index (χ2n) is 4.77. The molecule has 1 rings (SSSR count). The van der Waals surface area contributed by atoms with Gasteiger partial charge in [-0.05, 0) is 5.41 Å². The molecule has 0 radical (unpaired) electrons. The molecule has 1 heterocycles. The predicted molar refractivity (Wildman–Crippen MR) is 67.0 cm³/mol. The normalized spacial score (nSPS) is 11.3. The van der Waals surface area contributed by atoms with Crippen molar-refractivity contribution in [3.8, 4) is 0 Å². The van der Waals surface area contributed by atoms with E-state index in [1.54, 1.807) is 0 Å². The van der Waals surface area contributed by atoms with Crippen LogP contribution >= 0.6 is 23.2 Å². The Bertz CT molecular complexity index is 399. The van der Waals surface area contributed by atoms with Crippen molar-refractivity contribution in [2.24, 2.45) is 5.41 Å². The zero-order valence-corrected chi connectivity index (χ0v) is 11.0. The van der Waals surface area contributed by atoms with Crippen LogP contribution in [0.15, 0.2) is 12.3 Å². The van der Waals surface area contributed by atoms with Gasteiger partial charge in [-0.3, -0.25) is 4.79 Å². The molecule has 5 heteroatoms. The Morgan fingerprint density at radius 2 is 2.06 bits per heavy atom. The van der Waals surface area contributed by atoms with Crippen LogP contribution in [-0.4, -0.2) is 10.9 Å². The van der Waals surface area contributed by atoms with Gasteiger partial charge in [0.15, 0.2) is 0 Å². The predicted octanol–water partition coefficient (Wildman–Crippen LogP) is 3.76. The molecule has 0 unspecified atom stereocenters. The molecule has 0 atom stereocenters. The van der Waals surface area contributed by atoms with E-state index in [-0.39, 0.29) is 11.3 Å². The molecule has 0 saturated carbocycles. The third kappa shape index (κ3) is 4.37. The second kappa shape index (κ2) is 5.02. The van der Waals surface area contributed by atoms with Gasteiger partial charge < -0.3 is 5.32 Å². The maximum atomic E-state index is 11.7. The number of carbonyl (C=O) groups is 1.